The molecule has 15 N–H and O–H groups in total. The summed E-state index contributed by atoms with van der Waals surface area (Å²) >= 11 is 4.08. The van der Waals surface area contributed by atoms with E-state index in [0.717, 1.165) is 13.8 Å². The van der Waals surface area contributed by atoms with Crippen molar-refractivity contribution in [2.75, 3.05) is 38.7 Å². The normalized spacial score (nSPS) is 40.9. The summed E-state index contributed by atoms with van der Waals surface area (Å²) in [6, 6.07) is -3.13. The van der Waals surface area contributed by atoms with Gasteiger partial charge in [0, 0.05) is 33.2 Å². The second-order valence-electron chi connectivity index (χ2n) is 16.1. The highest BCUT2D eigenvalue weighted by molar-refractivity contribution is 7.80. The zero-order valence-corrected chi connectivity index (χ0v) is 36.5. The summed E-state index contributed by atoms with van der Waals surface area (Å²) < 4.78 is 47.0. The Balaban J connectivity index is 1.72. The minimum atomic E-state index is -3.14. The molecule has 4 aliphatic rings. The minimum Gasteiger partial charge on any atom is -0.477 e. The van der Waals surface area contributed by atoms with Gasteiger partial charge in [0.1, 0.15) is 85.4 Å². The van der Waals surface area contributed by atoms with Crippen molar-refractivity contribution >= 4 is 36.3 Å². The number of amides is 3. The molecule has 4 saturated heterocycles. The predicted octanol–water partition coefficient (Wildman–Crippen LogP) is -8.38. The summed E-state index contributed by atoms with van der Waals surface area (Å²) in [5.74, 6) is -6.54. The quantitative estimate of drug-likeness (QED) is 0.0375. The van der Waals surface area contributed by atoms with Crippen LogP contribution < -0.4 is 16.0 Å². The van der Waals surface area contributed by atoms with Crippen molar-refractivity contribution in [1.82, 2.24) is 16.0 Å². The third kappa shape index (κ3) is 13.4. The number of carboxylic acids is 1. The zero-order chi connectivity index (χ0) is 48.5. The standard InChI is InChI=1S/C37H63N3O24S/c1-13-23(49)26(52)27(53)34(58-13)62-31-22(40-15(3)45)33(57-7-6-38-20(48)5-4-8-65)60-19(12-43)29(31)61-35-28(54)32(25(51)18(11-42)59-35)64-37(36(55)56)9-16(46)21(39-14(2)44)30(63-37)24(50)17(47)10-41/h13,16-19,21-35,41-43,46-47,49-54,65H,4-12H2,1-3H3,(H,38,48)(H,39,44)(H,40,45)(H,55,56)/t13-,16-,17+,18+,19+,21+,22+,23+,24+,25-,26+,27-,28+,29+,30+,31+,32-,33+,34-,35-,37-/m0/s1. The fraction of sp³-hybridized carbons (Fsp3) is 0.892. The number of aliphatic hydroxyl groups excluding tert-OH is 11. The van der Waals surface area contributed by atoms with E-state index in [0.29, 0.717) is 12.2 Å². The Morgan fingerprint density at radius 1 is 0.769 bits per heavy atom. The lowest BCUT2D eigenvalue weighted by Gasteiger charge is -2.51. The fourth-order valence-electron chi connectivity index (χ4n) is 7.81. The number of carbonyl (C=O) groups is 4. The van der Waals surface area contributed by atoms with Crippen LogP contribution in [0.3, 0.4) is 0 Å². The van der Waals surface area contributed by atoms with E-state index in [4.69, 9.17) is 37.9 Å². The number of carbonyl (C=O) groups excluding carboxylic acids is 3. The van der Waals surface area contributed by atoms with Gasteiger partial charge in [-0.1, -0.05) is 0 Å². The molecule has 0 saturated carbocycles. The Hall–Kier alpha value is -2.53. The molecule has 4 heterocycles. The molecule has 0 spiro atoms. The highest BCUT2D eigenvalue weighted by Crippen LogP contribution is 2.39. The lowest BCUT2D eigenvalue weighted by Crippen LogP contribution is -2.71. The maximum atomic E-state index is 13.0. The Labute approximate surface area is 377 Å². The van der Waals surface area contributed by atoms with Gasteiger partial charge >= 0.3 is 5.97 Å². The van der Waals surface area contributed by atoms with Crippen molar-refractivity contribution in [3.05, 3.63) is 0 Å². The summed E-state index contributed by atoms with van der Waals surface area (Å²) in [5, 5.41) is 136. The molecule has 0 aliphatic carbocycles. The van der Waals surface area contributed by atoms with E-state index in [-0.39, 0.29) is 25.5 Å². The number of aliphatic hydroxyl groups is 11. The van der Waals surface area contributed by atoms with Crippen LogP contribution in [0, 0.1) is 0 Å². The topological polar surface area (TPSA) is 421 Å². The van der Waals surface area contributed by atoms with E-state index in [1.54, 1.807) is 0 Å². The lowest BCUT2D eigenvalue weighted by molar-refractivity contribution is -0.391. The van der Waals surface area contributed by atoms with Crippen molar-refractivity contribution in [2.45, 2.75) is 168 Å². The van der Waals surface area contributed by atoms with Crippen LogP contribution in [-0.4, -0.2) is 252 Å². The van der Waals surface area contributed by atoms with Crippen molar-refractivity contribution in [1.29, 1.82) is 0 Å². The van der Waals surface area contributed by atoms with Crippen molar-refractivity contribution in [3.63, 3.8) is 0 Å². The number of carboxylic acid groups (broad SMARTS) is 1. The summed E-state index contributed by atoms with van der Waals surface area (Å²) in [7, 11) is 0. The minimum absolute atomic E-state index is 0.0675. The number of thiol groups is 1. The molecule has 28 heteroatoms. The first-order valence-electron chi connectivity index (χ1n) is 20.8. The number of hydrogen-bond acceptors (Lipinski definition) is 24. The molecule has 0 aromatic carbocycles. The van der Waals surface area contributed by atoms with Gasteiger partial charge in [-0.2, -0.15) is 12.6 Å². The van der Waals surface area contributed by atoms with E-state index >= 15 is 0 Å². The third-order valence-electron chi connectivity index (χ3n) is 11.2. The molecule has 0 aromatic rings. The highest BCUT2D eigenvalue weighted by Gasteiger charge is 2.61. The van der Waals surface area contributed by atoms with Gasteiger partial charge in [0.25, 0.3) is 5.79 Å². The Morgan fingerprint density at radius 3 is 1.95 bits per heavy atom. The summed E-state index contributed by atoms with van der Waals surface area (Å²) in [6.45, 7) is 0.0247. The largest absolute Gasteiger partial charge is 0.477 e. The number of ether oxygens (including phenoxy) is 8. The van der Waals surface area contributed by atoms with Gasteiger partial charge in [-0.25, -0.2) is 4.79 Å². The van der Waals surface area contributed by atoms with Gasteiger partial charge in [0.05, 0.1) is 44.7 Å². The van der Waals surface area contributed by atoms with Gasteiger partial charge in [-0.15, -0.1) is 0 Å². The van der Waals surface area contributed by atoms with E-state index in [2.05, 4.69) is 28.6 Å². The van der Waals surface area contributed by atoms with Gasteiger partial charge in [0.15, 0.2) is 18.9 Å². The lowest BCUT2D eigenvalue weighted by atomic mass is 9.88. The van der Waals surface area contributed by atoms with Gasteiger partial charge < -0.3 is 115 Å². The maximum absolute atomic E-state index is 13.0. The highest BCUT2D eigenvalue weighted by atomic mass is 32.1. The number of hydrogen-bond donors (Lipinski definition) is 16. The molecule has 3 amide bonds. The number of aliphatic carboxylic acids is 1. The molecular formula is C37H63N3O24S. The summed E-state index contributed by atoms with van der Waals surface area (Å²) in [5.41, 5.74) is 0. The molecule has 4 aliphatic heterocycles. The van der Waals surface area contributed by atoms with Gasteiger partial charge in [-0.05, 0) is 19.1 Å². The molecule has 27 nitrogen and oxygen atoms in total. The number of rotatable bonds is 21. The molecule has 0 radical (unpaired) electrons. The van der Waals surface area contributed by atoms with Crippen LogP contribution in [0.15, 0.2) is 0 Å². The number of nitrogens with one attached hydrogen (secondary N) is 3. The van der Waals surface area contributed by atoms with E-state index < -0.39 is 172 Å². The van der Waals surface area contributed by atoms with E-state index in [9.17, 15) is 80.5 Å². The molecule has 65 heavy (non-hydrogen) atoms. The van der Waals surface area contributed by atoms with Crippen molar-refractivity contribution < 1.29 is 118 Å². The zero-order valence-electron chi connectivity index (χ0n) is 35.6. The fourth-order valence-corrected chi connectivity index (χ4v) is 7.97. The van der Waals surface area contributed by atoms with Crippen molar-refractivity contribution in [2.24, 2.45) is 0 Å². The van der Waals surface area contributed by atoms with Crippen LogP contribution in [0.25, 0.3) is 0 Å². The first kappa shape index (κ1) is 55.1. The monoisotopic (exact) mass is 965 g/mol. The SMILES string of the molecule is CC(=O)N[C@H]1[C@H](OCCNC(=O)CCCS)O[C@H](CO)[C@@H](O[C@@H]2O[C@H](CO)[C@H](O)[C@H](O[C@]3(C(=O)O)C[C@H](O)[C@@H](NC(C)=O)[C@H]([C@H](O)[C@H](O)CO)O3)[C@H]2O)[C@@H]1O[C@@H]1O[C@@H](C)[C@@H](O)[C@@H](O)[C@@H]1O. The van der Waals surface area contributed by atoms with Crippen LogP contribution in [0.1, 0.15) is 40.0 Å². The third-order valence-corrected chi connectivity index (χ3v) is 11.5. The molecule has 0 bridgehead atoms. The van der Waals surface area contributed by atoms with Crippen LogP contribution in [0.2, 0.25) is 0 Å². The van der Waals surface area contributed by atoms with Crippen molar-refractivity contribution in [3.8, 4) is 0 Å². The molecule has 4 fully saturated rings. The molecule has 376 valence electrons. The van der Waals surface area contributed by atoms with Crippen LogP contribution >= 0.6 is 12.6 Å². The smallest absolute Gasteiger partial charge is 0.364 e. The first-order valence-corrected chi connectivity index (χ1v) is 21.4. The molecule has 0 aromatic heterocycles. The Kier molecular flexibility index (Phi) is 20.9. The Morgan fingerprint density at radius 2 is 1.37 bits per heavy atom. The summed E-state index contributed by atoms with van der Waals surface area (Å²) in [4.78, 5) is 49.9. The maximum Gasteiger partial charge on any atom is 0.364 e. The molecule has 4 rings (SSSR count). The second-order valence-corrected chi connectivity index (χ2v) is 16.5. The average Bonchev–Trinajstić information content (AvgIpc) is 3.26. The average molecular weight is 966 g/mol. The van der Waals surface area contributed by atoms with E-state index in [1.807, 2.05) is 0 Å². The van der Waals surface area contributed by atoms with Crippen LogP contribution in [0.5, 0.6) is 0 Å². The molecular weight excluding hydrogens is 902 g/mol. The summed E-state index contributed by atoms with van der Waals surface area (Å²) in [6.07, 6.45) is -34.3. The molecule has 21 atom stereocenters. The van der Waals surface area contributed by atoms with Crippen LogP contribution in [0.4, 0.5) is 0 Å². The first-order chi connectivity index (χ1) is 30.6. The van der Waals surface area contributed by atoms with Crippen LogP contribution in [-0.2, 0) is 57.1 Å². The van der Waals surface area contributed by atoms with Gasteiger partial charge in [0.2, 0.25) is 17.7 Å². The second kappa shape index (κ2) is 24.7. The Bertz CT molecular complexity index is 1560. The van der Waals surface area contributed by atoms with Gasteiger partial charge in [-0.3, -0.25) is 14.4 Å². The molecule has 0 unspecified atom stereocenters. The van der Waals surface area contributed by atoms with E-state index in [1.165, 1.54) is 6.92 Å². The predicted molar refractivity (Wildman–Crippen MR) is 213 cm³/mol.